The first-order chi connectivity index (χ1) is 11.3. The second-order valence-electron chi connectivity index (χ2n) is 7.08. The van der Waals surface area contributed by atoms with Crippen LogP contribution in [0.2, 0.25) is 0 Å². The Labute approximate surface area is 141 Å². The molecule has 1 aliphatic carbocycles. The highest BCUT2D eigenvalue weighted by atomic mass is 32.1. The molecule has 2 saturated heterocycles. The summed E-state index contributed by atoms with van der Waals surface area (Å²) in [6.07, 6.45) is 3.76. The predicted molar refractivity (Wildman–Crippen MR) is 90.4 cm³/mol. The molecule has 1 saturated carbocycles. The van der Waals surface area contributed by atoms with E-state index in [4.69, 9.17) is 4.74 Å². The van der Waals surface area contributed by atoms with Crippen LogP contribution in [0.3, 0.4) is 0 Å². The van der Waals surface area contributed by atoms with E-state index in [1.165, 1.54) is 18.4 Å². The van der Waals surface area contributed by atoms with Gasteiger partial charge in [0.1, 0.15) is 6.61 Å². The minimum absolute atomic E-state index is 0.156. The van der Waals surface area contributed by atoms with Gasteiger partial charge in [-0.15, -0.1) is 0 Å². The van der Waals surface area contributed by atoms with Gasteiger partial charge in [-0.2, -0.15) is 11.3 Å². The number of hydrogen-bond donors (Lipinski definition) is 2. The maximum Gasteiger partial charge on any atom is 0.249 e. The summed E-state index contributed by atoms with van der Waals surface area (Å²) in [6, 6.07) is 2.53. The van der Waals surface area contributed by atoms with Crippen molar-refractivity contribution in [1.82, 2.24) is 15.5 Å². The fraction of sp³-hybridized carbons (Fsp3) is 0.706. The average Bonchev–Trinajstić information content (AvgIpc) is 2.96. The minimum Gasteiger partial charge on any atom is -0.366 e. The number of carbonyl (C=O) groups is 1. The quantitative estimate of drug-likeness (QED) is 0.820. The molecule has 0 aromatic carbocycles. The van der Waals surface area contributed by atoms with E-state index in [2.05, 4.69) is 32.4 Å². The summed E-state index contributed by atoms with van der Waals surface area (Å²) in [6.45, 7) is 4.87. The first-order valence-electron chi connectivity index (χ1n) is 8.60. The fourth-order valence-corrected chi connectivity index (χ4v) is 4.49. The van der Waals surface area contributed by atoms with Crippen molar-refractivity contribution in [2.45, 2.75) is 38.0 Å². The van der Waals surface area contributed by atoms with Gasteiger partial charge in [0.2, 0.25) is 5.91 Å². The summed E-state index contributed by atoms with van der Waals surface area (Å²) >= 11 is 1.70. The van der Waals surface area contributed by atoms with Crippen LogP contribution in [0.4, 0.5) is 0 Å². The van der Waals surface area contributed by atoms with Crippen LogP contribution in [0.15, 0.2) is 16.8 Å². The second-order valence-corrected chi connectivity index (χ2v) is 7.86. The van der Waals surface area contributed by atoms with Crippen LogP contribution in [0.1, 0.15) is 24.8 Å². The highest BCUT2D eigenvalue weighted by molar-refractivity contribution is 7.07. The lowest BCUT2D eigenvalue weighted by molar-refractivity contribution is -0.141. The Morgan fingerprint density at radius 2 is 2.17 bits per heavy atom. The Morgan fingerprint density at radius 3 is 2.83 bits per heavy atom. The molecule has 23 heavy (non-hydrogen) atoms. The number of rotatable bonds is 6. The molecule has 4 rings (SSSR count). The maximum atomic E-state index is 12.8. The average molecular weight is 335 g/mol. The number of piperidine rings is 1. The van der Waals surface area contributed by atoms with Gasteiger partial charge in [-0.1, -0.05) is 0 Å². The lowest BCUT2D eigenvalue weighted by Crippen LogP contribution is -2.50. The molecule has 0 bridgehead atoms. The number of hydrogen-bond acceptors (Lipinski definition) is 5. The Balaban J connectivity index is 1.41. The molecule has 3 aliphatic rings. The zero-order valence-corrected chi connectivity index (χ0v) is 14.2. The summed E-state index contributed by atoms with van der Waals surface area (Å²) in [5.41, 5.74) is 1.61. The molecule has 0 radical (unpaired) electrons. The summed E-state index contributed by atoms with van der Waals surface area (Å²) in [7, 11) is 0. The number of ether oxygens (including phenoxy) is 1. The van der Waals surface area contributed by atoms with E-state index in [-0.39, 0.29) is 18.6 Å². The molecule has 1 amide bonds. The molecule has 1 aromatic heterocycles. The van der Waals surface area contributed by atoms with Gasteiger partial charge in [0.25, 0.3) is 0 Å². The Hall–Kier alpha value is -0.950. The minimum atomic E-state index is 0.156. The van der Waals surface area contributed by atoms with Crippen LogP contribution in [0.25, 0.3) is 0 Å². The lowest BCUT2D eigenvalue weighted by atomic mass is 9.93. The van der Waals surface area contributed by atoms with Crippen molar-refractivity contribution >= 4 is 17.2 Å². The number of nitrogens with one attached hydrogen (secondary N) is 2. The highest BCUT2D eigenvalue weighted by Crippen LogP contribution is 2.56. The monoisotopic (exact) mass is 335 g/mol. The van der Waals surface area contributed by atoms with Crippen molar-refractivity contribution in [1.29, 1.82) is 0 Å². The second kappa shape index (κ2) is 6.51. The van der Waals surface area contributed by atoms with Crippen molar-refractivity contribution in [2.24, 2.45) is 5.41 Å². The van der Waals surface area contributed by atoms with Crippen LogP contribution in [0.5, 0.6) is 0 Å². The van der Waals surface area contributed by atoms with Crippen LogP contribution in [-0.4, -0.2) is 55.7 Å². The zero-order chi connectivity index (χ0) is 15.7. The Morgan fingerprint density at radius 1 is 1.35 bits per heavy atom. The molecule has 1 spiro atoms. The van der Waals surface area contributed by atoms with Gasteiger partial charge < -0.3 is 20.3 Å². The molecular weight excluding hydrogens is 310 g/mol. The molecule has 126 valence electrons. The van der Waals surface area contributed by atoms with Crippen LogP contribution in [0, 0.1) is 5.41 Å². The number of thiophene rings is 1. The van der Waals surface area contributed by atoms with Gasteiger partial charge in [0, 0.05) is 25.7 Å². The topological polar surface area (TPSA) is 53.6 Å². The first-order valence-corrected chi connectivity index (χ1v) is 9.55. The van der Waals surface area contributed by atoms with Gasteiger partial charge in [-0.05, 0) is 60.2 Å². The van der Waals surface area contributed by atoms with Crippen molar-refractivity contribution in [3.05, 3.63) is 22.4 Å². The third-order valence-electron chi connectivity index (χ3n) is 5.56. The fourth-order valence-electron chi connectivity index (χ4n) is 3.83. The Bertz CT molecular complexity index is 538. The van der Waals surface area contributed by atoms with E-state index in [1.54, 1.807) is 11.3 Å². The van der Waals surface area contributed by atoms with E-state index in [0.717, 1.165) is 39.1 Å². The molecule has 6 heteroatoms. The predicted octanol–water partition coefficient (Wildman–Crippen LogP) is 1.21. The van der Waals surface area contributed by atoms with Crippen molar-refractivity contribution < 1.29 is 9.53 Å². The molecule has 1 atom stereocenters. The third-order valence-corrected chi connectivity index (χ3v) is 6.29. The summed E-state index contributed by atoms with van der Waals surface area (Å²) in [4.78, 5) is 14.9. The smallest absolute Gasteiger partial charge is 0.249 e. The molecule has 2 N–H and O–H groups in total. The van der Waals surface area contributed by atoms with E-state index in [0.29, 0.717) is 11.5 Å². The SMILES string of the molecule is O=C(COC1CNC1)N(Cc1ccsc1)C1CC12CCNCC2. The molecule has 1 unspecified atom stereocenters. The maximum absolute atomic E-state index is 12.8. The van der Waals surface area contributed by atoms with Gasteiger partial charge in [0.15, 0.2) is 0 Å². The molecule has 2 aliphatic heterocycles. The Kier molecular flexibility index (Phi) is 4.41. The van der Waals surface area contributed by atoms with Crippen LogP contribution in [-0.2, 0) is 16.1 Å². The van der Waals surface area contributed by atoms with E-state index in [9.17, 15) is 4.79 Å². The van der Waals surface area contributed by atoms with Gasteiger partial charge in [0.05, 0.1) is 6.10 Å². The molecule has 3 heterocycles. The lowest BCUT2D eigenvalue weighted by Gasteiger charge is -2.31. The molecule has 1 aromatic rings. The van der Waals surface area contributed by atoms with Crippen molar-refractivity contribution in [2.75, 3.05) is 32.8 Å². The number of carbonyl (C=O) groups excluding carboxylic acids is 1. The van der Waals surface area contributed by atoms with Gasteiger partial charge >= 0.3 is 0 Å². The molecule has 5 nitrogen and oxygen atoms in total. The van der Waals surface area contributed by atoms with Crippen molar-refractivity contribution in [3.8, 4) is 0 Å². The van der Waals surface area contributed by atoms with Crippen LogP contribution >= 0.6 is 11.3 Å². The molecular formula is C17H25N3O2S. The summed E-state index contributed by atoms with van der Waals surface area (Å²) < 4.78 is 5.73. The third kappa shape index (κ3) is 3.31. The van der Waals surface area contributed by atoms with E-state index in [1.807, 2.05) is 0 Å². The summed E-state index contributed by atoms with van der Waals surface area (Å²) in [5.74, 6) is 0.156. The highest BCUT2D eigenvalue weighted by Gasteiger charge is 2.57. The van der Waals surface area contributed by atoms with Gasteiger partial charge in [-0.3, -0.25) is 4.79 Å². The van der Waals surface area contributed by atoms with Crippen LogP contribution < -0.4 is 10.6 Å². The van der Waals surface area contributed by atoms with E-state index >= 15 is 0 Å². The number of amides is 1. The first kappa shape index (κ1) is 15.6. The summed E-state index contributed by atoms with van der Waals surface area (Å²) in [5, 5.41) is 10.8. The largest absolute Gasteiger partial charge is 0.366 e. The van der Waals surface area contributed by atoms with Gasteiger partial charge in [-0.25, -0.2) is 0 Å². The van der Waals surface area contributed by atoms with Crippen molar-refractivity contribution in [3.63, 3.8) is 0 Å². The normalized spacial score (nSPS) is 26.0. The molecule has 3 fully saturated rings. The van der Waals surface area contributed by atoms with E-state index < -0.39 is 0 Å². The number of nitrogens with zero attached hydrogens (tertiary/aromatic N) is 1. The standard InChI is InChI=1S/C17H25N3O2S/c21-16(11-22-14-8-19-9-14)20(10-13-1-6-23-12-13)15-7-17(15)2-4-18-5-3-17/h1,6,12,14-15,18-19H,2-5,7-11H2. The zero-order valence-electron chi connectivity index (χ0n) is 13.4.